The van der Waals surface area contributed by atoms with Crippen molar-refractivity contribution < 1.29 is 39.5 Å². The topological polar surface area (TPSA) is 148 Å². The minimum atomic E-state index is -4.54. The maximum atomic E-state index is 10.8. The van der Waals surface area contributed by atoms with Gasteiger partial charge < -0.3 is 34.9 Å². The van der Waals surface area contributed by atoms with Gasteiger partial charge >= 0.3 is 7.60 Å². The molecule has 8 nitrogen and oxygen atoms in total. The number of rotatable bonds is 4. The quantitative estimate of drug-likeness (QED) is 0.292. The lowest BCUT2D eigenvalue weighted by atomic mass is 9.97. The Morgan fingerprint density at radius 2 is 1.81 bits per heavy atom. The summed E-state index contributed by atoms with van der Waals surface area (Å²) in [6.07, 6.45) is -5.26. The van der Waals surface area contributed by atoms with Crippen molar-refractivity contribution in [2.45, 2.75) is 23.9 Å². The van der Waals surface area contributed by atoms with E-state index in [2.05, 4.69) is 0 Å². The van der Waals surface area contributed by atoms with Gasteiger partial charge in [-0.25, -0.2) is 0 Å². The second-order valence-electron chi connectivity index (χ2n) is 3.82. The molecule has 0 aromatic heterocycles. The van der Waals surface area contributed by atoms with Gasteiger partial charge in [-0.1, -0.05) is 0 Å². The molecule has 0 unspecified atom stereocenters. The summed E-state index contributed by atoms with van der Waals surface area (Å²) in [6, 6.07) is 0. The van der Waals surface area contributed by atoms with Crippen molar-refractivity contribution in [2.75, 3.05) is 19.4 Å². The van der Waals surface area contributed by atoms with Crippen LogP contribution in [-0.2, 0) is 9.30 Å². The molecule has 0 aromatic carbocycles. The summed E-state index contributed by atoms with van der Waals surface area (Å²) >= 11 is 0. The standard InChI is InChI=1S/C7H15O8P/c8-1-4-5(10)6(11)7(2-9,15-4)3-16(12,13)14/h4-6,8-11H,1-3H2,(H2,12,13,14)/t4-,5-,6+,7-/m1/s1. The van der Waals surface area contributed by atoms with Crippen molar-refractivity contribution in [3.05, 3.63) is 0 Å². The van der Waals surface area contributed by atoms with Crippen molar-refractivity contribution >= 4 is 7.60 Å². The smallest absolute Gasteiger partial charge is 0.328 e. The van der Waals surface area contributed by atoms with Gasteiger partial charge in [0, 0.05) is 0 Å². The third kappa shape index (κ3) is 2.61. The molecule has 16 heavy (non-hydrogen) atoms. The van der Waals surface area contributed by atoms with E-state index >= 15 is 0 Å². The van der Waals surface area contributed by atoms with Crippen LogP contribution in [0.1, 0.15) is 0 Å². The highest BCUT2D eigenvalue weighted by molar-refractivity contribution is 7.51. The molecule has 1 saturated heterocycles. The van der Waals surface area contributed by atoms with Crippen LogP contribution >= 0.6 is 7.60 Å². The van der Waals surface area contributed by atoms with E-state index in [1.54, 1.807) is 0 Å². The Morgan fingerprint density at radius 3 is 2.12 bits per heavy atom. The highest BCUT2D eigenvalue weighted by atomic mass is 31.2. The van der Waals surface area contributed by atoms with E-state index in [9.17, 15) is 14.8 Å². The predicted octanol–water partition coefficient (Wildman–Crippen LogP) is -2.99. The first kappa shape index (κ1) is 14.0. The van der Waals surface area contributed by atoms with Crippen LogP contribution in [0.25, 0.3) is 0 Å². The molecule has 0 bridgehead atoms. The van der Waals surface area contributed by atoms with Gasteiger partial charge in [-0.05, 0) is 0 Å². The monoisotopic (exact) mass is 258 g/mol. The zero-order valence-corrected chi connectivity index (χ0v) is 9.19. The number of hydrogen-bond acceptors (Lipinski definition) is 6. The molecule has 4 atom stereocenters. The largest absolute Gasteiger partial charge is 0.394 e. The second-order valence-corrected chi connectivity index (χ2v) is 5.47. The van der Waals surface area contributed by atoms with E-state index in [-0.39, 0.29) is 0 Å². The molecule has 1 aliphatic rings. The fraction of sp³-hybridized carbons (Fsp3) is 1.00. The van der Waals surface area contributed by atoms with Crippen LogP contribution in [0, 0.1) is 0 Å². The zero-order valence-electron chi connectivity index (χ0n) is 8.30. The van der Waals surface area contributed by atoms with Gasteiger partial charge in [0.1, 0.15) is 23.9 Å². The summed E-state index contributed by atoms with van der Waals surface area (Å²) in [5, 5.41) is 36.9. The van der Waals surface area contributed by atoms with Gasteiger partial charge in [-0.2, -0.15) is 0 Å². The second kappa shape index (κ2) is 4.67. The summed E-state index contributed by atoms with van der Waals surface area (Å²) in [6.45, 7) is -1.49. The Labute approximate surface area is 91.3 Å². The molecule has 0 saturated carbocycles. The van der Waals surface area contributed by atoms with Crippen molar-refractivity contribution in [3.63, 3.8) is 0 Å². The molecule has 0 amide bonds. The Hall–Kier alpha value is -0.0500. The van der Waals surface area contributed by atoms with E-state index in [0.717, 1.165) is 0 Å². The third-order valence-corrected chi connectivity index (χ3v) is 3.50. The summed E-state index contributed by atoms with van der Waals surface area (Å²) in [5.41, 5.74) is -1.94. The van der Waals surface area contributed by atoms with Crippen LogP contribution in [0.2, 0.25) is 0 Å². The summed E-state index contributed by atoms with van der Waals surface area (Å²) in [7, 11) is -4.54. The van der Waals surface area contributed by atoms with E-state index < -0.39 is 50.9 Å². The number of ether oxygens (including phenoxy) is 1. The zero-order chi connectivity index (χ0) is 12.6. The maximum absolute atomic E-state index is 10.8. The van der Waals surface area contributed by atoms with Crippen LogP contribution in [0.5, 0.6) is 0 Å². The molecule has 0 aromatic rings. The summed E-state index contributed by atoms with van der Waals surface area (Å²) in [5.74, 6) is 0. The fourth-order valence-electron chi connectivity index (χ4n) is 1.76. The first-order chi connectivity index (χ1) is 7.25. The van der Waals surface area contributed by atoms with E-state index in [4.69, 9.17) is 24.7 Å². The molecule has 1 aliphatic heterocycles. The Balaban J connectivity index is 2.93. The lowest BCUT2D eigenvalue weighted by molar-refractivity contribution is -0.106. The van der Waals surface area contributed by atoms with Crippen molar-refractivity contribution in [2.24, 2.45) is 0 Å². The first-order valence-electron chi connectivity index (χ1n) is 4.56. The van der Waals surface area contributed by atoms with Crippen molar-refractivity contribution in [1.29, 1.82) is 0 Å². The molecular weight excluding hydrogens is 243 g/mol. The van der Waals surface area contributed by atoms with Crippen molar-refractivity contribution in [3.8, 4) is 0 Å². The molecule has 96 valence electrons. The number of aliphatic hydroxyl groups excluding tert-OH is 4. The molecule has 1 fully saturated rings. The van der Waals surface area contributed by atoms with Crippen LogP contribution in [-0.4, -0.2) is 73.5 Å². The Kier molecular flexibility index (Phi) is 4.09. The SMILES string of the molecule is O=P(O)(O)C[C@@]1(CO)O[C@H](CO)[C@@H](O)[C@@H]1O. The van der Waals surface area contributed by atoms with Gasteiger partial charge in [0.2, 0.25) is 0 Å². The Bertz CT molecular complexity index is 290. The van der Waals surface area contributed by atoms with Crippen LogP contribution in [0.4, 0.5) is 0 Å². The maximum Gasteiger partial charge on any atom is 0.328 e. The van der Waals surface area contributed by atoms with Crippen LogP contribution < -0.4 is 0 Å². The van der Waals surface area contributed by atoms with Crippen LogP contribution in [0.3, 0.4) is 0 Å². The lowest BCUT2D eigenvalue weighted by Crippen LogP contribution is -2.49. The highest BCUT2D eigenvalue weighted by Crippen LogP contribution is 2.44. The summed E-state index contributed by atoms with van der Waals surface area (Å²) in [4.78, 5) is 17.6. The molecule has 6 N–H and O–H groups in total. The van der Waals surface area contributed by atoms with Crippen molar-refractivity contribution in [1.82, 2.24) is 0 Å². The minimum Gasteiger partial charge on any atom is -0.394 e. The van der Waals surface area contributed by atoms with E-state index in [0.29, 0.717) is 0 Å². The van der Waals surface area contributed by atoms with Crippen LogP contribution in [0.15, 0.2) is 0 Å². The molecule has 0 spiro atoms. The normalized spacial score (nSPS) is 40.2. The molecule has 0 radical (unpaired) electrons. The molecule has 1 heterocycles. The van der Waals surface area contributed by atoms with Gasteiger partial charge in [-0.15, -0.1) is 0 Å². The lowest BCUT2D eigenvalue weighted by Gasteiger charge is -2.30. The first-order valence-corrected chi connectivity index (χ1v) is 6.36. The average Bonchev–Trinajstić information content (AvgIpc) is 2.41. The Morgan fingerprint density at radius 1 is 1.25 bits per heavy atom. The summed E-state index contributed by atoms with van der Waals surface area (Å²) < 4.78 is 15.8. The average molecular weight is 258 g/mol. The molecular formula is C7H15O8P. The molecule has 0 aliphatic carbocycles. The fourth-order valence-corrected chi connectivity index (χ4v) is 2.82. The number of aliphatic hydroxyl groups is 4. The van der Waals surface area contributed by atoms with E-state index in [1.165, 1.54) is 0 Å². The number of hydrogen-bond donors (Lipinski definition) is 6. The predicted molar refractivity (Wildman–Crippen MR) is 50.7 cm³/mol. The molecule has 9 heteroatoms. The minimum absolute atomic E-state index is 0.624. The van der Waals surface area contributed by atoms with Gasteiger partial charge in [0.15, 0.2) is 0 Å². The van der Waals surface area contributed by atoms with Gasteiger partial charge in [0.05, 0.1) is 19.4 Å². The van der Waals surface area contributed by atoms with E-state index in [1.807, 2.05) is 0 Å². The van der Waals surface area contributed by atoms with Gasteiger partial charge in [0.25, 0.3) is 0 Å². The highest BCUT2D eigenvalue weighted by Gasteiger charge is 2.56. The third-order valence-electron chi connectivity index (χ3n) is 2.55. The molecule has 1 rings (SSSR count). The van der Waals surface area contributed by atoms with Gasteiger partial charge in [-0.3, -0.25) is 4.57 Å².